The fraction of sp³-hybridized carbons (Fsp3) is 0.667. The van der Waals surface area contributed by atoms with Crippen LogP contribution in [0.3, 0.4) is 0 Å². The summed E-state index contributed by atoms with van der Waals surface area (Å²) in [6.07, 6.45) is 0.222. The number of hydrogen-bond acceptors (Lipinski definition) is 1. The van der Waals surface area contributed by atoms with E-state index < -0.39 is 5.97 Å². The van der Waals surface area contributed by atoms with E-state index in [1.54, 1.807) is 6.92 Å². The van der Waals surface area contributed by atoms with Crippen molar-refractivity contribution in [2.75, 3.05) is 0 Å². The molecule has 2 nitrogen and oxygen atoms in total. The molecule has 0 radical (unpaired) electrons. The van der Waals surface area contributed by atoms with Crippen LogP contribution in [0.25, 0.3) is 0 Å². The van der Waals surface area contributed by atoms with Crippen LogP contribution in [0.5, 0.6) is 0 Å². The fourth-order valence-electron chi connectivity index (χ4n) is 0. The van der Waals surface area contributed by atoms with Gasteiger partial charge in [-0.05, 0) is 0 Å². The van der Waals surface area contributed by atoms with Crippen molar-refractivity contribution < 1.29 is 9.90 Å². The van der Waals surface area contributed by atoms with Crippen LogP contribution < -0.4 is 0 Å². The first-order chi connectivity index (χ1) is 2.27. The second-order valence-electron chi connectivity index (χ2n) is 0.747. The summed E-state index contributed by atoms with van der Waals surface area (Å²) in [5.41, 5.74) is 0. The Bertz CT molecular complexity index is 44.1. The molecule has 0 rings (SSSR count). The first-order valence-corrected chi connectivity index (χ1v) is 1.49. The Hall–Kier alpha value is 0.106. The Kier molecular flexibility index (Phi) is 8.04. The van der Waals surface area contributed by atoms with E-state index in [0.717, 1.165) is 0 Å². The van der Waals surface area contributed by atoms with E-state index in [2.05, 4.69) is 0 Å². The van der Waals surface area contributed by atoms with E-state index in [1.165, 1.54) is 0 Å². The minimum absolute atomic E-state index is 0. The zero-order valence-electron chi connectivity index (χ0n) is 3.06. The molecule has 0 amide bonds. The Morgan fingerprint density at radius 2 is 2.00 bits per heavy atom. The molecule has 0 atom stereocenters. The van der Waals surface area contributed by atoms with Crippen LogP contribution in [-0.4, -0.2) is 30.9 Å². The van der Waals surface area contributed by atoms with Crippen molar-refractivity contribution in [3.05, 3.63) is 0 Å². The summed E-state index contributed by atoms with van der Waals surface area (Å²) in [5.74, 6) is -0.745. The number of rotatable bonds is 1. The summed E-state index contributed by atoms with van der Waals surface area (Å²) in [5, 5.41) is 7.72. The van der Waals surface area contributed by atoms with E-state index in [9.17, 15) is 4.79 Å². The Morgan fingerprint density at radius 1 is 1.83 bits per heavy atom. The van der Waals surface area contributed by atoms with Crippen molar-refractivity contribution in [1.29, 1.82) is 0 Å². The maximum atomic E-state index is 9.37. The zero-order valence-corrected chi connectivity index (χ0v) is 3.06. The van der Waals surface area contributed by atoms with Gasteiger partial charge < -0.3 is 5.11 Å². The molecule has 0 aromatic heterocycles. The molecule has 0 unspecified atom stereocenters. The molecule has 0 aromatic rings. The topological polar surface area (TPSA) is 37.3 Å². The number of aliphatic carboxylic acids is 1. The molecule has 0 fully saturated rings. The van der Waals surface area contributed by atoms with Crippen molar-refractivity contribution in [3.63, 3.8) is 0 Å². The molecule has 0 aliphatic rings. The number of carboxylic acid groups (broad SMARTS) is 1. The summed E-state index contributed by atoms with van der Waals surface area (Å²) in [4.78, 5) is 9.37. The van der Waals surface area contributed by atoms with Crippen molar-refractivity contribution >= 4 is 25.8 Å². The first kappa shape index (κ1) is 9.44. The molecule has 0 heterocycles. The first-order valence-electron chi connectivity index (χ1n) is 1.49. The summed E-state index contributed by atoms with van der Waals surface area (Å²) in [6.45, 7) is 1.60. The normalized spacial score (nSPS) is 6.17. The number of carbonyl (C=O) groups is 1. The van der Waals surface area contributed by atoms with Crippen molar-refractivity contribution in [3.8, 4) is 0 Å². The Morgan fingerprint density at radius 3 is 2.00 bits per heavy atom. The summed E-state index contributed by atoms with van der Waals surface area (Å²) >= 11 is 0. The third kappa shape index (κ3) is 8.93. The van der Waals surface area contributed by atoms with Gasteiger partial charge in [-0.3, -0.25) is 4.79 Å². The summed E-state index contributed by atoms with van der Waals surface area (Å²) in [6, 6.07) is 0. The molecule has 0 bridgehead atoms. The van der Waals surface area contributed by atoms with Crippen molar-refractivity contribution in [1.82, 2.24) is 0 Å². The Balaban J connectivity index is 0. The van der Waals surface area contributed by atoms with Gasteiger partial charge >= 0.3 is 25.8 Å². The van der Waals surface area contributed by atoms with Crippen LogP contribution in [0.1, 0.15) is 13.3 Å². The van der Waals surface area contributed by atoms with Gasteiger partial charge in [-0.15, -0.1) is 0 Å². The van der Waals surface area contributed by atoms with Gasteiger partial charge in [-0.2, -0.15) is 0 Å². The van der Waals surface area contributed by atoms with Gasteiger partial charge in [0.05, 0.1) is 0 Å². The Labute approximate surface area is 49.6 Å². The zero-order chi connectivity index (χ0) is 4.28. The van der Waals surface area contributed by atoms with Gasteiger partial charge in [-0.1, -0.05) is 6.92 Å². The van der Waals surface area contributed by atoms with Gasteiger partial charge in [0.1, 0.15) is 0 Å². The molecular weight excluding hydrogens is 138 g/mol. The quantitative estimate of drug-likeness (QED) is 0.497. The van der Waals surface area contributed by atoms with Gasteiger partial charge in [0.25, 0.3) is 0 Å². The van der Waals surface area contributed by atoms with Crippen LogP contribution >= 0.6 is 0 Å². The third-order valence-electron chi connectivity index (χ3n) is 0.302. The molecule has 3 heteroatoms. The molecule has 6 heavy (non-hydrogen) atoms. The summed E-state index contributed by atoms with van der Waals surface area (Å²) < 4.78 is 0. The van der Waals surface area contributed by atoms with Crippen LogP contribution in [0.4, 0.5) is 0 Å². The molecule has 0 saturated carbocycles. The molecule has 0 aromatic carbocycles. The van der Waals surface area contributed by atoms with Crippen LogP contribution in [-0.2, 0) is 4.79 Å². The number of carboxylic acids is 1. The SMILES string of the molecule is CCC(=O)O.[GaH3]. The number of hydrogen-bond donors (Lipinski definition) is 1. The minimum atomic E-state index is -0.745. The van der Waals surface area contributed by atoms with Crippen LogP contribution in [0.2, 0.25) is 0 Å². The maximum absolute atomic E-state index is 9.37. The average Bonchev–Trinajstić information content (AvgIpc) is 1.38. The van der Waals surface area contributed by atoms with Gasteiger partial charge in [0.15, 0.2) is 0 Å². The monoisotopic (exact) mass is 146 g/mol. The average molecular weight is 147 g/mol. The third-order valence-corrected chi connectivity index (χ3v) is 0.302. The van der Waals surface area contributed by atoms with Gasteiger partial charge in [-0.25, -0.2) is 0 Å². The molecule has 0 aliphatic carbocycles. The molecular formula is C3H9GaO2. The molecule has 36 valence electrons. The second-order valence-corrected chi connectivity index (χ2v) is 0.747. The molecule has 0 aliphatic heterocycles. The fourth-order valence-corrected chi connectivity index (χ4v) is 0. The second kappa shape index (κ2) is 5.11. The predicted octanol–water partition coefficient (Wildman–Crippen LogP) is -0.703. The predicted molar refractivity (Wildman–Crippen MR) is 27.9 cm³/mol. The van der Waals surface area contributed by atoms with E-state index in [4.69, 9.17) is 5.11 Å². The van der Waals surface area contributed by atoms with E-state index in [1.807, 2.05) is 0 Å². The van der Waals surface area contributed by atoms with E-state index in [0.29, 0.717) is 0 Å². The van der Waals surface area contributed by atoms with E-state index >= 15 is 0 Å². The standard InChI is InChI=1S/C3H6O2.Ga.3H/c1-2-3(4)5;;;;/h2H2,1H3,(H,4,5);;;;. The van der Waals surface area contributed by atoms with Gasteiger partial charge in [0.2, 0.25) is 0 Å². The van der Waals surface area contributed by atoms with Crippen molar-refractivity contribution in [2.24, 2.45) is 0 Å². The summed E-state index contributed by atoms with van der Waals surface area (Å²) in [7, 11) is 0. The van der Waals surface area contributed by atoms with Gasteiger partial charge in [0, 0.05) is 6.42 Å². The molecule has 0 spiro atoms. The molecule has 1 N–H and O–H groups in total. The van der Waals surface area contributed by atoms with Crippen molar-refractivity contribution in [2.45, 2.75) is 13.3 Å². The molecule has 0 saturated heterocycles. The van der Waals surface area contributed by atoms with E-state index in [-0.39, 0.29) is 26.2 Å². The van der Waals surface area contributed by atoms with Crippen LogP contribution in [0.15, 0.2) is 0 Å². The van der Waals surface area contributed by atoms with Crippen LogP contribution in [0, 0.1) is 0 Å².